The van der Waals surface area contributed by atoms with Crippen LogP contribution >= 0.6 is 0 Å². The molecule has 0 saturated carbocycles. The topological polar surface area (TPSA) is 66.5 Å². The van der Waals surface area contributed by atoms with Crippen LogP contribution in [0.3, 0.4) is 0 Å². The molecule has 1 N–H and O–H groups in total. The van der Waals surface area contributed by atoms with E-state index in [1.54, 1.807) is 12.1 Å². The van der Waals surface area contributed by atoms with Gasteiger partial charge in [-0.05, 0) is 31.2 Å². The van der Waals surface area contributed by atoms with Gasteiger partial charge in [0.15, 0.2) is 0 Å². The van der Waals surface area contributed by atoms with Gasteiger partial charge in [-0.25, -0.2) is 13.1 Å². The molecule has 5 nitrogen and oxygen atoms in total. The van der Waals surface area contributed by atoms with E-state index in [2.05, 4.69) is 4.72 Å². The van der Waals surface area contributed by atoms with Crippen molar-refractivity contribution in [2.75, 3.05) is 20.6 Å². The maximum Gasteiger partial charge on any atom is 0.390 e. The summed E-state index contributed by atoms with van der Waals surface area (Å²) < 4.78 is 61.6. The molecule has 1 amide bonds. The molecular formula is C14H19F3N2O3S. The molecule has 0 aliphatic heterocycles. The molecule has 130 valence electrons. The van der Waals surface area contributed by atoms with E-state index in [4.69, 9.17) is 0 Å². The van der Waals surface area contributed by atoms with Crippen LogP contribution in [0.15, 0.2) is 29.2 Å². The second-order valence-corrected chi connectivity index (χ2v) is 6.92. The lowest BCUT2D eigenvalue weighted by atomic mass is 10.1. The van der Waals surface area contributed by atoms with Crippen molar-refractivity contribution >= 4 is 15.9 Å². The number of benzene rings is 1. The van der Waals surface area contributed by atoms with Gasteiger partial charge in [-0.15, -0.1) is 0 Å². The van der Waals surface area contributed by atoms with Crippen molar-refractivity contribution < 1.29 is 26.4 Å². The molecule has 0 spiro atoms. The Morgan fingerprint density at radius 1 is 1.22 bits per heavy atom. The van der Waals surface area contributed by atoms with Crippen molar-refractivity contribution in [3.63, 3.8) is 0 Å². The molecule has 1 aromatic carbocycles. The third-order valence-electron chi connectivity index (χ3n) is 3.29. The van der Waals surface area contributed by atoms with E-state index in [1.807, 2.05) is 0 Å². The fraction of sp³-hybridized carbons (Fsp3) is 0.500. The summed E-state index contributed by atoms with van der Waals surface area (Å²) in [5, 5.41) is 0. The van der Waals surface area contributed by atoms with Crippen LogP contribution in [-0.2, 0) is 21.2 Å². The van der Waals surface area contributed by atoms with Gasteiger partial charge in [-0.1, -0.05) is 12.1 Å². The molecule has 0 fully saturated rings. The second-order valence-electron chi connectivity index (χ2n) is 5.03. The number of hydrogen-bond acceptors (Lipinski definition) is 3. The van der Waals surface area contributed by atoms with Gasteiger partial charge < -0.3 is 4.90 Å². The van der Waals surface area contributed by atoms with E-state index in [1.165, 1.54) is 26.2 Å². The molecule has 0 aliphatic carbocycles. The highest BCUT2D eigenvalue weighted by molar-refractivity contribution is 7.89. The molecule has 0 heterocycles. The molecule has 0 aromatic heterocycles. The summed E-state index contributed by atoms with van der Waals surface area (Å²) in [5.74, 6) is -0.388. The summed E-state index contributed by atoms with van der Waals surface area (Å²) in [5.41, 5.74) is 0.734. The number of hydrogen-bond donors (Lipinski definition) is 1. The van der Waals surface area contributed by atoms with Crippen molar-refractivity contribution in [3.8, 4) is 0 Å². The number of carbonyl (C=O) groups excluding carboxylic acids is 1. The van der Waals surface area contributed by atoms with Crippen LogP contribution in [0.1, 0.15) is 18.4 Å². The Morgan fingerprint density at radius 2 is 1.78 bits per heavy atom. The van der Waals surface area contributed by atoms with E-state index >= 15 is 0 Å². The quantitative estimate of drug-likeness (QED) is 0.816. The Labute approximate surface area is 133 Å². The standard InChI is InChI=1S/C14H19F3N2O3S/c1-18-23(21,22)12-6-3-11(4-7-12)5-8-13(20)19(2)10-9-14(15,16)17/h3-4,6-7,18H,5,8-10H2,1-2H3. The number of carbonyl (C=O) groups is 1. The van der Waals surface area contributed by atoms with E-state index in [0.29, 0.717) is 6.42 Å². The molecule has 23 heavy (non-hydrogen) atoms. The predicted molar refractivity (Wildman–Crippen MR) is 79.3 cm³/mol. The molecule has 1 rings (SSSR count). The monoisotopic (exact) mass is 352 g/mol. The normalized spacial score (nSPS) is 12.2. The van der Waals surface area contributed by atoms with Crippen LogP contribution in [0, 0.1) is 0 Å². The van der Waals surface area contributed by atoms with Gasteiger partial charge >= 0.3 is 6.18 Å². The minimum atomic E-state index is -4.29. The predicted octanol–water partition coefficient (Wildman–Crippen LogP) is 1.94. The molecule has 0 aliphatic rings. The Morgan fingerprint density at radius 3 is 2.26 bits per heavy atom. The number of aryl methyl sites for hydroxylation is 1. The fourth-order valence-electron chi connectivity index (χ4n) is 1.81. The highest BCUT2D eigenvalue weighted by atomic mass is 32.2. The number of halogens is 3. The third-order valence-corrected chi connectivity index (χ3v) is 4.72. The first-order valence-electron chi connectivity index (χ1n) is 6.88. The van der Waals surface area contributed by atoms with Crippen LogP contribution < -0.4 is 4.72 Å². The van der Waals surface area contributed by atoms with Crippen molar-refractivity contribution in [1.82, 2.24) is 9.62 Å². The largest absolute Gasteiger partial charge is 0.390 e. The number of amides is 1. The lowest BCUT2D eigenvalue weighted by molar-refractivity contribution is -0.144. The number of alkyl halides is 3. The Bertz CT molecular complexity index is 628. The minimum absolute atomic E-state index is 0.0620. The smallest absolute Gasteiger partial charge is 0.345 e. The summed E-state index contributed by atoms with van der Waals surface area (Å²) in [6.07, 6.45) is -4.93. The Hall–Kier alpha value is -1.61. The van der Waals surface area contributed by atoms with Crippen LogP contribution in [0.5, 0.6) is 0 Å². The first-order chi connectivity index (χ1) is 10.5. The summed E-state index contributed by atoms with van der Waals surface area (Å²) in [7, 11) is -0.878. The van der Waals surface area contributed by atoms with Crippen LogP contribution in [0.25, 0.3) is 0 Å². The molecular weight excluding hydrogens is 333 g/mol. The number of rotatable bonds is 7. The van der Waals surface area contributed by atoms with Gasteiger partial charge in [0, 0.05) is 20.0 Å². The average molecular weight is 352 g/mol. The second kappa shape index (κ2) is 7.78. The lowest BCUT2D eigenvalue weighted by Gasteiger charge is -2.18. The maximum absolute atomic E-state index is 12.1. The summed E-state index contributed by atoms with van der Waals surface area (Å²) >= 11 is 0. The van der Waals surface area contributed by atoms with Gasteiger partial charge in [0.05, 0.1) is 11.3 Å². The molecule has 0 saturated heterocycles. The van der Waals surface area contributed by atoms with Gasteiger partial charge in [0.1, 0.15) is 0 Å². The molecule has 0 atom stereocenters. The Balaban J connectivity index is 2.53. The number of nitrogens with one attached hydrogen (secondary N) is 1. The van der Waals surface area contributed by atoms with Crippen LogP contribution in [-0.4, -0.2) is 46.0 Å². The van der Waals surface area contributed by atoms with Crippen LogP contribution in [0.2, 0.25) is 0 Å². The molecule has 0 unspecified atom stereocenters. The fourth-order valence-corrected chi connectivity index (χ4v) is 2.54. The van der Waals surface area contributed by atoms with E-state index in [-0.39, 0.29) is 23.8 Å². The summed E-state index contributed by atoms with van der Waals surface area (Å²) in [6.45, 7) is -0.373. The number of nitrogens with zero attached hydrogens (tertiary/aromatic N) is 1. The molecule has 9 heteroatoms. The minimum Gasteiger partial charge on any atom is -0.345 e. The highest BCUT2D eigenvalue weighted by Gasteiger charge is 2.27. The van der Waals surface area contributed by atoms with Gasteiger partial charge in [0.25, 0.3) is 0 Å². The maximum atomic E-state index is 12.1. The zero-order chi connectivity index (χ0) is 17.7. The van der Waals surface area contributed by atoms with Crippen molar-refractivity contribution in [2.45, 2.75) is 30.3 Å². The highest BCUT2D eigenvalue weighted by Crippen LogP contribution is 2.19. The van der Waals surface area contributed by atoms with Crippen LogP contribution in [0.4, 0.5) is 13.2 Å². The van der Waals surface area contributed by atoms with Crippen molar-refractivity contribution in [1.29, 1.82) is 0 Å². The molecule has 1 aromatic rings. The van der Waals surface area contributed by atoms with Gasteiger partial charge in [0.2, 0.25) is 15.9 Å². The first kappa shape index (κ1) is 19.4. The zero-order valence-corrected chi connectivity index (χ0v) is 13.7. The number of sulfonamides is 1. The molecule has 0 radical (unpaired) electrons. The van der Waals surface area contributed by atoms with E-state index in [0.717, 1.165) is 10.5 Å². The summed E-state index contributed by atoms with van der Waals surface area (Å²) in [6, 6.07) is 5.98. The van der Waals surface area contributed by atoms with Gasteiger partial charge in [-0.2, -0.15) is 13.2 Å². The average Bonchev–Trinajstić information content (AvgIpc) is 2.49. The van der Waals surface area contributed by atoms with E-state index < -0.39 is 22.6 Å². The first-order valence-corrected chi connectivity index (χ1v) is 8.36. The van der Waals surface area contributed by atoms with Crippen molar-refractivity contribution in [3.05, 3.63) is 29.8 Å². The van der Waals surface area contributed by atoms with E-state index in [9.17, 15) is 26.4 Å². The van der Waals surface area contributed by atoms with Crippen molar-refractivity contribution in [2.24, 2.45) is 0 Å². The summed E-state index contributed by atoms with van der Waals surface area (Å²) in [4.78, 5) is 12.9. The molecule has 0 bridgehead atoms. The Kier molecular flexibility index (Phi) is 6.57. The zero-order valence-electron chi connectivity index (χ0n) is 12.9. The van der Waals surface area contributed by atoms with Gasteiger partial charge in [-0.3, -0.25) is 4.79 Å². The SMILES string of the molecule is CNS(=O)(=O)c1ccc(CCC(=O)N(C)CCC(F)(F)F)cc1. The third kappa shape index (κ3) is 6.57. The lowest BCUT2D eigenvalue weighted by Crippen LogP contribution is -2.30.